The summed E-state index contributed by atoms with van der Waals surface area (Å²) in [7, 11) is 0. The molecule has 1 aromatic heterocycles. The summed E-state index contributed by atoms with van der Waals surface area (Å²) in [4.78, 5) is 2.38. The lowest BCUT2D eigenvalue weighted by molar-refractivity contribution is 0.669. The van der Waals surface area contributed by atoms with E-state index in [0.29, 0.717) is 0 Å². The number of fused-ring (bicyclic) bond motifs is 7. The molecule has 0 aliphatic carbocycles. The molecule has 0 aliphatic heterocycles. The van der Waals surface area contributed by atoms with Gasteiger partial charge in [0.05, 0.1) is 0 Å². The normalized spacial score (nSPS) is 11.6. The van der Waals surface area contributed by atoms with E-state index >= 15 is 0 Å². The zero-order chi connectivity index (χ0) is 37.0. The average molecular weight is 714 g/mol. The summed E-state index contributed by atoms with van der Waals surface area (Å²) < 4.78 is 6.13. The number of hydrogen-bond donors (Lipinski definition) is 0. The predicted octanol–water partition coefficient (Wildman–Crippen LogP) is 15.5. The molecular weight excluding hydrogens is 679 g/mol. The Morgan fingerprint density at radius 2 is 0.839 bits per heavy atom. The summed E-state index contributed by atoms with van der Waals surface area (Å²) >= 11 is 0. The highest BCUT2D eigenvalue weighted by atomic mass is 16.3. The van der Waals surface area contributed by atoms with E-state index in [4.69, 9.17) is 4.42 Å². The summed E-state index contributed by atoms with van der Waals surface area (Å²) in [5, 5.41) is 9.78. The topological polar surface area (TPSA) is 16.4 Å². The molecule has 11 rings (SSSR count). The van der Waals surface area contributed by atoms with Crippen molar-refractivity contribution in [1.29, 1.82) is 0 Å². The van der Waals surface area contributed by atoms with Crippen LogP contribution in [0, 0.1) is 0 Å². The van der Waals surface area contributed by atoms with Crippen LogP contribution in [0.2, 0.25) is 0 Å². The van der Waals surface area contributed by atoms with Crippen molar-refractivity contribution >= 4 is 71.3 Å². The number of benzene rings is 10. The largest absolute Gasteiger partial charge is 0.456 e. The number of para-hydroxylation sites is 1. The molecule has 0 radical (unpaired) electrons. The molecule has 0 saturated carbocycles. The van der Waals surface area contributed by atoms with E-state index in [9.17, 15) is 0 Å². The van der Waals surface area contributed by atoms with Gasteiger partial charge in [-0.1, -0.05) is 146 Å². The van der Waals surface area contributed by atoms with Gasteiger partial charge >= 0.3 is 0 Å². The van der Waals surface area contributed by atoms with Gasteiger partial charge < -0.3 is 9.32 Å². The molecule has 0 atom stereocenters. The van der Waals surface area contributed by atoms with Crippen LogP contribution in [0.5, 0.6) is 0 Å². The van der Waals surface area contributed by atoms with Crippen LogP contribution in [0.1, 0.15) is 0 Å². The van der Waals surface area contributed by atoms with Gasteiger partial charge in [-0.2, -0.15) is 0 Å². The lowest BCUT2D eigenvalue weighted by atomic mass is 9.93. The van der Waals surface area contributed by atoms with Crippen LogP contribution < -0.4 is 4.90 Å². The van der Waals surface area contributed by atoms with Gasteiger partial charge in [-0.05, 0) is 132 Å². The molecule has 0 bridgehead atoms. The minimum atomic E-state index is 0.906. The second-order valence-electron chi connectivity index (χ2n) is 14.5. The summed E-state index contributed by atoms with van der Waals surface area (Å²) in [6, 6.07) is 76.7. The molecule has 1 heterocycles. The third-order valence-corrected chi connectivity index (χ3v) is 11.2. The molecular formula is C54H35NO. The van der Waals surface area contributed by atoms with Gasteiger partial charge in [0.15, 0.2) is 0 Å². The molecule has 0 amide bonds. The smallest absolute Gasteiger partial charge is 0.135 e. The standard InChI is InChI=1S/C54H35NO/c1-2-12-38-31-40(24-23-36(38)11-1)39-14-9-16-45(32-39)55(44-28-25-37(26-29-44)41-27-30-54-52(34-41)50-21-7-8-22-53(50)56-54)46-17-10-15-42(33-46)51-35-43-13-3-4-18-47(43)48-19-5-6-20-49(48)51/h1-35H. The first-order valence-corrected chi connectivity index (χ1v) is 19.2. The van der Waals surface area contributed by atoms with Crippen molar-refractivity contribution < 1.29 is 4.42 Å². The maximum absolute atomic E-state index is 6.13. The van der Waals surface area contributed by atoms with Gasteiger partial charge in [0.25, 0.3) is 0 Å². The van der Waals surface area contributed by atoms with E-state index in [1.165, 1.54) is 54.6 Å². The number of hydrogen-bond acceptors (Lipinski definition) is 2. The maximum Gasteiger partial charge on any atom is 0.135 e. The minimum Gasteiger partial charge on any atom is -0.456 e. The Hall–Kier alpha value is -7.42. The fourth-order valence-electron chi connectivity index (χ4n) is 8.45. The maximum atomic E-state index is 6.13. The average Bonchev–Trinajstić information content (AvgIpc) is 3.65. The molecule has 0 fully saturated rings. The number of anilines is 3. The SMILES string of the molecule is c1cc(-c2ccc3ccccc3c2)cc(N(c2ccc(-c3ccc4oc5ccccc5c4c3)cc2)c2cccc(-c3cc4ccccc4c4ccccc34)c2)c1. The molecule has 11 aromatic rings. The third kappa shape index (κ3) is 5.51. The van der Waals surface area contributed by atoms with Crippen molar-refractivity contribution in [2.75, 3.05) is 4.90 Å². The van der Waals surface area contributed by atoms with Crippen molar-refractivity contribution in [2.45, 2.75) is 0 Å². The predicted molar refractivity (Wildman–Crippen MR) is 237 cm³/mol. The molecule has 0 aliphatic rings. The monoisotopic (exact) mass is 713 g/mol. The van der Waals surface area contributed by atoms with Crippen LogP contribution >= 0.6 is 0 Å². The molecule has 0 unspecified atom stereocenters. The van der Waals surface area contributed by atoms with Gasteiger partial charge in [-0.15, -0.1) is 0 Å². The van der Waals surface area contributed by atoms with Crippen LogP contribution in [0.4, 0.5) is 17.1 Å². The molecule has 56 heavy (non-hydrogen) atoms. The Morgan fingerprint density at radius 1 is 0.268 bits per heavy atom. The second-order valence-corrected chi connectivity index (χ2v) is 14.5. The highest BCUT2D eigenvalue weighted by Gasteiger charge is 2.17. The summed E-state index contributed by atoms with van der Waals surface area (Å²) in [5.74, 6) is 0. The Bertz CT molecular complexity index is 3260. The van der Waals surface area contributed by atoms with Gasteiger partial charge in [0.2, 0.25) is 0 Å². The van der Waals surface area contributed by atoms with Gasteiger partial charge in [-0.25, -0.2) is 0 Å². The summed E-state index contributed by atoms with van der Waals surface area (Å²) in [5.41, 5.74) is 12.2. The van der Waals surface area contributed by atoms with E-state index in [1.807, 2.05) is 12.1 Å². The van der Waals surface area contributed by atoms with E-state index in [0.717, 1.165) is 50.1 Å². The van der Waals surface area contributed by atoms with Gasteiger partial charge in [0, 0.05) is 27.8 Å². The van der Waals surface area contributed by atoms with E-state index < -0.39 is 0 Å². The molecule has 262 valence electrons. The first kappa shape index (κ1) is 32.0. The Kier molecular flexibility index (Phi) is 7.53. The fourth-order valence-corrected chi connectivity index (χ4v) is 8.45. The quantitative estimate of drug-likeness (QED) is 0.160. The summed E-state index contributed by atoms with van der Waals surface area (Å²) in [6.45, 7) is 0. The van der Waals surface area contributed by atoms with Crippen LogP contribution in [0.25, 0.3) is 87.6 Å². The minimum absolute atomic E-state index is 0.906. The van der Waals surface area contributed by atoms with Crippen LogP contribution in [0.15, 0.2) is 217 Å². The second kappa shape index (κ2) is 13.2. The first-order chi connectivity index (χ1) is 27.7. The van der Waals surface area contributed by atoms with Gasteiger partial charge in [-0.3, -0.25) is 0 Å². The van der Waals surface area contributed by atoms with Crippen molar-refractivity contribution in [3.8, 4) is 33.4 Å². The zero-order valence-electron chi connectivity index (χ0n) is 30.6. The molecule has 10 aromatic carbocycles. The zero-order valence-corrected chi connectivity index (χ0v) is 30.6. The third-order valence-electron chi connectivity index (χ3n) is 11.2. The van der Waals surface area contributed by atoms with Crippen molar-refractivity contribution in [1.82, 2.24) is 0 Å². The van der Waals surface area contributed by atoms with Crippen LogP contribution in [0.3, 0.4) is 0 Å². The Morgan fingerprint density at radius 3 is 1.66 bits per heavy atom. The van der Waals surface area contributed by atoms with Gasteiger partial charge in [0.1, 0.15) is 11.2 Å². The van der Waals surface area contributed by atoms with Crippen LogP contribution in [-0.4, -0.2) is 0 Å². The van der Waals surface area contributed by atoms with E-state index in [-0.39, 0.29) is 0 Å². The molecule has 2 nitrogen and oxygen atoms in total. The highest BCUT2D eigenvalue weighted by molar-refractivity contribution is 6.14. The number of rotatable bonds is 6. The molecule has 0 spiro atoms. The molecule has 2 heteroatoms. The highest BCUT2D eigenvalue weighted by Crippen LogP contribution is 2.42. The van der Waals surface area contributed by atoms with Crippen LogP contribution in [-0.2, 0) is 0 Å². The Labute approximate surface area is 325 Å². The molecule has 0 N–H and O–H groups in total. The fraction of sp³-hybridized carbons (Fsp3) is 0. The Balaban J connectivity index is 1.05. The lowest BCUT2D eigenvalue weighted by Crippen LogP contribution is -2.10. The van der Waals surface area contributed by atoms with Crippen molar-refractivity contribution in [3.63, 3.8) is 0 Å². The summed E-state index contributed by atoms with van der Waals surface area (Å²) in [6.07, 6.45) is 0. The van der Waals surface area contributed by atoms with Crippen molar-refractivity contribution in [2.24, 2.45) is 0 Å². The number of furan rings is 1. The number of nitrogens with zero attached hydrogens (tertiary/aromatic N) is 1. The lowest BCUT2D eigenvalue weighted by Gasteiger charge is -2.27. The first-order valence-electron chi connectivity index (χ1n) is 19.2. The van der Waals surface area contributed by atoms with E-state index in [2.05, 4.69) is 205 Å². The molecule has 0 saturated heterocycles. The van der Waals surface area contributed by atoms with Crippen molar-refractivity contribution in [3.05, 3.63) is 212 Å². The van der Waals surface area contributed by atoms with E-state index in [1.54, 1.807) is 0 Å².